The van der Waals surface area contributed by atoms with Gasteiger partial charge in [0.15, 0.2) is 5.82 Å². The number of aromatic amines is 1. The number of piperazine rings is 1. The molecule has 3 N–H and O–H groups in total. The Kier molecular flexibility index (Phi) is 7.01. The average Bonchev–Trinajstić information content (AvgIpc) is 3.57. The number of nitrogens with one attached hydrogen (secondary N) is 3. The number of pyridine rings is 1. The van der Waals surface area contributed by atoms with E-state index in [9.17, 15) is 0 Å². The first kappa shape index (κ1) is 26.4. The molecule has 3 aromatic heterocycles. The number of nitrogens with zero attached hydrogens (tertiary/aromatic N) is 6. The molecule has 0 saturated carbocycles. The minimum absolute atomic E-state index is 0.0237. The van der Waals surface area contributed by atoms with Crippen LogP contribution >= 0.6 is 0 Å². The Balaban J connectivity index is 1.27. The third kappa shape index (κ3) is 4.84. The van der Waals surface area contributed by atoms with Crippen molar-refractivity contribution in [3.63, 3.8) is 0 Å². The summed E-state index contributed by atoms with van der Waals surface area (Å²) >= 11 is 0. The third-order valence-electron chi connectivity index (χ3n) is 7.90. The highest BCUT2D eigenvalue weighted by molar-refractivity contribution is 5.93. The van der Waals surface area contributed by atoms with Gasteiger partial charge in [-0.3, -0.25) is 4.90 Å². The number of hydrogen-bond donors (Lipinski definition) is 3. The first-order valence-electron chi connectivity index (χ1n) is 13.9. The maximum absolute atomic E-state index is 15.1. The Morgan fingerprint density at radius 1 is 1.05 bits per heavy atom. The van der Waals surface area contributed by atoms with Crippen LogP contribution in [0.2, 0.25) is 0 Å². The van der Waals surface area contributed by atoms with Crippen molar-refractivity contribution in [2.45, 2.75) is 46.4 Å². The fourth-order valence-corrected chi connectivity index (χ4v) is 5.86. The minimum atomic E-state index is -0.627. The van der Waals surface area contributed by atoms with Crippen molar-refractivity contribution in [2.75, 3.05) is 48.3 Å². The van der Waals surface area contributed by atoms with E-state index in [4.69, 9.17) is 0 Å². The van der Waals surface area contributed by atoms with Gasteiger partial charge in [0.25, 0.3) is 0 Å². The number of fused-ring (bicyclic) bond motifs is 2. The average molecular weight is 548 g/mol. The number of hydrogen-bond acceptors (Lipinski definition) is 8. The normalized spacial score (nSPS) is 18.0. The zero-order valence-corrected chi connectivity index (χ0v) is 23.3. The molecule has 2 aliphatic heterocycles. The van der Waals surface area contributed by atoms with Gasteiger partial charge in [-0.2, -0.15) is 0 Å². The second-order valence-electron chi connectivity index (χ2n) is 10.8. The lowest BCUT2D eigenvalue weighted by atomic mass is 10.1. The van der Waals surface area contributed by atoms with Gasteiger partial charge in [0.2, 0.25) is 5.95 Å². The SMILES string of the molecule is CCN1CCN(Cc2cnc(Nc3ncc(F)c(-c4cc(F)c5c(c4)N(C(C)C)C(C)N5)n3)c3cc[nH]c23)CC1. The molecule has 0 amide bonds. The van der Waals surface area contributed by atoms with Crippen LogP contribution in [-0.2, 0) is 6.54 Å². The van der Waals surface area contributed by atoms with Crippen molar-refractivity contribution in [3.05, 3.63) is 54.0 Å². The molecule has 210 valence electrons. The van der Waals surface area contributed by atoms with Crippen LogP contribution in [0.25, 0.3) is 22.2 Å². The van der Waals surface area contributed by atoms with E-state index in [-0.39, 0.29) is 23.8 Å². The first-order valence-corrected chi connectivity index (χ1v) is 13.9. The predicted molar refractivity (Wildman–Crippen MR) is 155 cm³/mol. The van der Waals surface area contributed by atoms with Crippen molar-refractivity contribution in [1.82, 2.24) is 29.7 Å². The number of H-pyrrole nitrogens is 1. The first-order chi connectivity index (χ1) is 19.3. The number of halogens is 2. The summed E-state index contributed by atoms with van der Waals surface area (Å²) in [6.45, 7) is 14.3. The molecule has 5 heterocycles. The molecule has 0 radical (unpaired) electrons. The molecule has 2 aliphatic rings. The van der Waals surface area contributed by atoms with Crippen molar-refractivity contribution in [3.8, 4) is 11.3 Å². The van der Waals surface area contributed by atoms with Gasteiger partial charge in [0, 0.05) is 67.7 Å². The fourth-order valence-electron chi connectivity index (χ4n) is 5.86. The van der Waals surface area contributed by atoms with E-state index >= 15 is 8.78 Å². The molecule has 4 aromatic rings. The summed E-state index contributed by atoms with van der Waals surface area (Å²) in [5.74, 6) is -0.323. The highest BCUT2D eigenvalue weighted by Gasteiger charge is 2.31. The summed E-state index contributed by atoms with van der Waals surface area (Å²) in [6.07, 6.45) is 4.78. The van der Waals surface area contributed by atoms with E-state index in [2.05, 4.69) is 52.2 Å². The number of benzene rings is 1. The maximum atomic E-state index is 15.1. The van der Waals surface area contributed by atoms with Crippen LogP contribution in [0.4, 0.5) is 31.9 Å². The molecule has 0 spiro atoms. The van der Waals surface area contributed by atoms with Gasteiger partial charge < -0.3 is 25.4 Å². The largest absolute Gasteiger partial charge is 0.361 e. The number of rotatable bonds is 7. The Hall–Kier alpha value is -3.83. The quantitative estimate of drug-likeness (QED) is 0.292. The standard InChI is InChI=1S/C29H35F2N9/c1-5-38-8-10-39(11-9-38)16-20-14-33-28(21-6-7-32-25(20)21)37-29-34-15-23(31)26(36-29)19-12-22(30)27-24(13-19)40(17(2)3)18(4)35-27/h6-7,12-15,17-18,32,35H,5,8-11,16H2,1-4H3,(H,33,34,36,37). The van der Waals surface area contributed by atoms with Gasteiger partial charge in [0.1, 0.15) is 17.3 Å². The monoisotopic (exact) mass is 547 g/mol. The van der Waals surface area contributed by atoms with Gasteiger partial charge >= 0.3 is 0 Å². The number of likely N-dealkylation sites (N-methyl/N-ethyl adjacent to an activating group) is 1. The van der Waals surface area contributed by atoms with E-state index < -0.39 is 11.6 Å². The summed E-state index contributed by atoms with van der Waals surface area (Å²) in [5, 5.41) is 7.24. The zero-order chi connectivity index (χ0) is 28.0. The fraction of sp³-hybridized carbons (Fsp3) is 0.414. The third-order valence-corrected chi connectivity index (χ3v) is 7.90. The molecule has 1 unspecified atom stereocenters. The van der Waals surface area contributed by atoms with Crippen LogP contribution in [0.1, 0.15) is 33.3 Å². The maximum Gasteiger partial charge on any atom is 0.229 e. The van der Waals surface area contributed by atoms with E-state index in [1.807, 2.05) is 39.2 Å². The van der Waals surface area contributed by atoms with Gasteiger partial charge in [-0.15, -0.1) is 0 Å². The van der Waals surface area contributed by atoms with Gasteiger partial charge in [0.05, 0.1) is 29.3 Å². The van der Waals surface area contributed by atoms with Crippen LogP contribution in [0.3, 0.4) is 0 Å². The smallest absolute Gasteiger partial charge is 0.229 e. The number of aromatic nitrogens is 4. The minimum Gasteiger partial charge on any atom is -0.361 e. The predicted octanol–water partition coefficient (Wildman–Crippen LogP) is 5.17. The highest BCUT2D eigenvalue weighted by atomic mass is 19.1. The Morgan fingerprint density at radius 3 is 2.58 bits per heavy atom. The summed E-state index contributed by atoms with van der Waals surface area (Å²) in [6, 6.07) is 5.18. The van der Waals surface area contributed by atoms with Crippen LogP contribution in [0.5, 0.6) is 0 Å². The lowest BCUT2D eigenvalue weighted by molar-refractivity contribution is 0.132. The summed E-state index contributed by atoms with van der Waals surface area (Å²) in [5.41, 5.74) is 3.59. The van der Waals surface area contributed by atoms with E-state index in [0.717, 1.165) is 61.9 Å². The summed E-state index contributed by atoms with van der Waals surface area (Å²) in [4.78, 5) is 23.6. The molecule has 1 fully saturated rings. The van der Waals surface area contributed by atoms with Crippen molar-refractivity contribution in [1.29, 1.82) is 0 Å². The summed E-state index contributed by atoms with van der Waals surface area (Å²) in [7, 11) is 0. The molecule has 6 rings (SSSR count). The second-order valence-corrected chi connectivity index (χ2v) is 10.8. The molecule has 11 heteroatoms. The van der Waals surface area contributed by atoms with Crippen molar-refractivity contribution in [2.24, 2.45) is 0 Å². The van der Waals surface area contributed by atoms with Crippen LogP contribution in [0.15, 0.2) is 36.8 Å². The van der Waals surface area contributed by atoms with Gasteiger partial charge in [-0.1, -0.05) is 6.92 Å². The molecule has 0 aliphatic carbocycles. The molecule has 0 bridgehead atoms. The Labute approximate surface area is 232 Å². The highest BCUT2D eigenvalue weighted by Crippen LogP contribution is 2.41. The number of anilines is 4. The molecular formula is C29H35F2N9. The molecule has 40 heavy (non-hydrogen) atoms. The van der Waals surface area contributed by atoms with E-state index in [0.29, 0.717) is 22.8 Å². The topological polar surface area (TPSA) is 88.2 Å². The molecule has 9 nitrogen and oxygen atoms in total. The van der Waals surface area contributed by atoms with Gasteiger partial charge in [-0.25, -0.2) is 23.7 Å². The van der Waals surface area contributed by atoms with Crippen molar-refractivity contribution < 1.29 is 8.78 Å². The zero-order valence-electron chi connectivity index (χ0n) is 23.3. The Morgan fingerprint density at radius 2 is 1.82 bits per heavy atom. The second kappa shape index (κ2) is 10.6. The molecular weight excluding hydrogens is 512 g/mol. The van der Waals surface area contributed by atoms with Gasteiger partial charge in [-0.05, 0) is 45.5 Å². The lowest BCUT2D eigenvalue weighted by Gasteiger charge is -2.34. The van der Waals surface area contributed by atoms with E-state index in [1.165, 1.54) is 6.07 Å². The molecule has 1 saturated heterocycles. The van der Waals surface area contributed by atoms with Crippen molar-refractivity contribution >= 4 is 34.0 Å². The van der Waals surface area contributed by atoms with Crippen LogP contribution in [0, 0.1) is 11.6 Å². The Bertz CT molecular complexity index is 1530. The summed E-state index contributed by atoms with van der Waals surface area (Å²) < 4.78 is 30.1. The lowest BCUT2D eigenvalue weighted by Crippen LogP contribution is -2.45. The van der Waals surface area contributed by atoms with Crippen LogP contribution in [-0.4, -0.2) is 74.7 Å². The van der Waals surface area contributed by atoms with E-state index in [1.54, 1.807) is 6.07 Å². The van der Waals surface area contributed by atoms with Crippen LogP contribution < -0.4 is 15.5 Å². The molecule has 1 aromatic carbocycles. The molecule has 1 atom stereocenters.